The first kappa shape index (κ1) is 16.1. The van der Waals surface area contributed by atoms with Gasteiger partial charge in [-0.15, -0.1) is 0 Å². The minimum Gasteiger partial charge on any atom is -0.329 e. The lowest BCUT2D eigenvalue weighted by Gasteiger charge is -2.21. The van der Waals surface area contributed by atoms with Crippen LogP contribution >= 0.6 is 0 Å². The van der Waals surface area contributed by atoms with E-state index >= 15 is 0 Å². The summed E-state index contributed by atoms with van der Waals surface area (Å²) in [5.41, 5.74) is 6.36. The summed E-state index contributed by atoms with van der Waals surface area (Å²) in [7, 11) is -3.69. The van der Waals surface area contributed by atoms with Crippen molar-refractivity contribution in [3.63, 3.8) is 0 Å². The summed E-state index contributed by atoms with van der Waals surface area (Å²) in [6.45, 7) is 7.17. The number of nitrogens with one attached hydrogen (secondary N) is 1. The Morgan fingerprint density at radius 3 is 2.11 bits per heavy atom. The number of halogens is 1. The molecule has 0 radical (unpaired) electrons. The van der Waals surface area contributed by atoms with Crippen LogP contribution in [0, 0.1) is 25.6 Å². The van der Waals surface area contributed by atoms with Crippen LogP contribution in [-0.2, 0) is 10.0 Å². The molecular formula is C13H21FN2O2S. The molecule has 0 saturated heterocycles. The summed E-state index contributed by atoms with van der Waals surface area (Å²) >= 11 is 0. The molecule has 0 saturated carbocycles. The molecule has 19 heavy (non-hydrogen) atoms. The molecule has 1 aromatic rings. The second-order valence-electron chi connectivity index (χ2n) is 5.08. The lowest BCUT2D eigenvalue weighted by atomic mass is 10.1. The molecule has 0 aliphatic heterocycles. The van der Waals surface area contributed by atoms with E-state index in [4.69, 9.17) is 5.73 Å². The fourth-order valence-corrected chi connectivity index (χ4v) is 3.89. The average Bonchev–Trinajstić information content (AvgIpc) is 2.23. The Bertz CT molecular complexity index is 533. The fourth-order valence-electron chi connectivity index (χ4n) is 2.04. The predicted octanol–water partition coefficient (Wildman–Crippen LogP) is 1.70. The van der Waals surface area contributed by atoms with Crippen molar-refractivity contribution in [2.45, 2.75) is 38.6 Å². The van der Waals surface area contributed by atoms with Crippen LogP contribution in [0.15, 0.2) is 17.0 Å². The van der Waals surface area contributed by atoms with Gasteiger partial charge in [0, 0.05) is 12.6 Å². The van der Waals surface area contributed by atoms with E-state index in [0.29, 0.717) is 11.1 Å². The largest absolute Gasteiger partial charge is 0.329 e. The molecule has 108 valence electrons. The Labute approximate surface area is 114 Å². The third-order valence-electron chi connectivity index (χ3n) is 3.06. The van der Waals surface area contributed by atoms with Crippen LogP contribution in [0.2, 0.25) is 0 Å². The van der Waals surface area contributed by atoms with Crippen LogP contribution in [0.25, 0.3) is 0 Å². The third kappa shape index (κ3) is 3.75. The Kier molecular flexibility index (Phi) is 5.06. The van der Waals surface area contributed by atoms with Crippen molar-refractivity contribution < 1.29 is 12.8 Å². The minimum absolute atomic E-state index is 0.0841. The number of rotatable bonds is 5. The van der Waals surface area contributed by atoms with Gasteiger partial charge in [0.1, 0.15) is 5.82 Å². The average molecular weight is 288 g/mol. The molecule has 1 unspecified atom stereocenters. The SMILES string of the molecule is Cc1cc(F)cc(C)c1S(=O)(=O)NC(CN)C(C)C. The molecule has 0 bridgehead atoms. The van der Waals surface area contributed by atoms with Crippen molar-refractivity contribution in [2.75, 3.05) is 6.54 Å². The van der Waals surface area contributed by atoms with Crippen molar-refractivity contribution >= 4 is 10.0 Å². The van der Waals surface area contributed by atoms with Crippen molar-refractivity contribution in [1.29, 1.82) is 0 Å². The predicted molar refractivity (Wildman–Crippen MR) is 73.9 cm³/mol. The minimum atomic E-state index is -3.69. The molecule has 0 aliphatic carbocycles. The normalized spacial score (nSPS) is 13.8. The second-order valence-corrected chi connectivity index (χ2v) is 6.73. The van der Waals surface area contributed by atoms with E-state index in [-0.39, 0.29) is 23.4 Å². The van der Waals surface area contributed by atoms with E-state index < -0.39 is 15.8 Å². The van der Waals surface area contributed by atoms with Crippen LogP contribution < -0.4 is 10.5 Å². The number of hydrogen-bond acceptors (Lipinski definition) is 3. The lowest BCUT2D eigenvalue weighted by molar-refractivity contribution is 0.454. The van der Waals surface area contributed by atoms with Gasteiger partial charge in [-0.1, -0.05) is 13.8 Å². The monoisotopic (exact) mass is 288 g/mol. The van der Waals surface area contributed by atoms with Crippen LogP contribution in [-0.4, -0.2) is 21.0 Å². The maximum absolute atomic E-state index is 13.2. The van der Waals surface area contributed by atoms with Gasteiger partial charge in [0.2, 0.25) is 10.0 Å². The van der Waals surface area contributed by atoms with E-state index in [0.717, 1.165) is 0 Å². The molecule has 0 amide bonds. The molecule has 6 heteroatoms. The zero-order chi connectivity index (χ0) is 14.8. The Morgan fingerprint density at radius 1 is 1.26 bits per heavy atom. The topological polar surface area (TPSA) is 72.2 Å². The molecule has 1 rings (SSSR count). The summed E-state index contributed by atoms with van der Waals surface area (Å²) < 4.78 is 40.5. The van der Waals surface area contributed by atoms with E-state index in [2.05, 4.69) is 4.72 Å². The van der Waals surface area contributed by atoms with Gasteiger partial charge in [-0.05, 0) is 43.0 Å². The Hall–Kier alpha value is -0.980. The van der Waals surface area contributed by atoms with E-state index in [9.17, 15) is 12.8 Å². The first-order valence-electron chi connectivity index (χ1n) is 6.18. The van der Waals surface area contributed by atoms with Crippen molar-refractivity contribution in [1.82, 2.24) is 4.72 Å². The molecule has 0 aliphatic rings. The molecule has 0 fully saturated rings. The Morgan fingerprint density at radius 2 is 1.74 bits per heavy atom. The van der Waals surface area contributed by atoms with Gasteiger partial charge in [0.25, 0.3) is 0 Å². The highest BCUT2D eigenvalue weighted by Crippen LogP contribution is 2.22. The lowest BCUT2D eigenvalue weighted by Crippen LogP contribution is -2.43. The van der Waals surface area contributed by atoms with Crippen LogP contribution in [0.3, 0.4) is 0 Å². The number of nitrogens with two attached hydrogens (primary N) is 1. The number of aryl methyl sites for hydroxylation is 2. The van der Waals surface area contributed by atoms with Gasteiger partial charge in [0.05, 0.1) is 4.90 Å². The number of benzene rings is 1. The molecule has 1 aromatic carbocycles. The molecule has 0 spiro atoms. The summed E-state index contributed by atoms with van der Waals surface area (Å²) in [6, 6.07) is 2.09. The first-order valence-corrected chi connectivity index (χ1v) is 7.66. The van der Waals surface area contributed by atoms with Gasteiger partial charge in [-0.25, -0.2) is 17.5 Å². The van der Waals surface area contributed by atoms with E-state index in [1.54, 1.807) is 13.8 Å². The molecule has 4 nitrogen and oxygen atoms in total. The highest BCUT2D eigenvalue weighted by atomic mass is 32.2. The second kappa shape index (κ2) is 5.98. The van der Waals surface area contributed by atoms with E-state index in [1.165, 1.54) is 12.1 Å². The summed E-state index contributed by atoms with van der Waals surface area (Å²) in [4.78, 5) is 0.132. The van der Waals surface area contributed by atoms with Gasteiger partial charge in [-0.2, -0.15) is 0 Å². The summed E-state index contributed by atoms with van der Waals surface area (Å²) in [5, 5.41) is 0. The zero-order valence-corrected chi connectivity index (χ0v) is 12.5. The maximum Gasteiger partial charge on any atom is 0.241 e. The van der Waals surface area contributed by atoms with Crippen LogP contribution in [0.5, 0.6) is 0 Å². The number of sulfonamides is 1. The van der Waals surface area contributed by atoms with Crippen molar-refractivity contribution in [3.8, 4) is 0 Å². The first-order chi connectivity index (χ1) is 8.69. The van der Waals surface area contributed by atoms with Crippen LogP contribution in [0.4, 0.5) is 4.39 Å². The summed E-state index contributed by atoms with van der Waals surface area (Å²) in [6.07, 6.45) is 0. The van der Waals surface area contributed by atoms with Gasteiger partial charge < -0.3 is 5.73 Å². The molecule has 0 aromatic heterocycles. The highest BCUT2D eigenvalue weighted by molar-refractivity contribution is 7.89. The molecule has 3 N–H and O–H groups in total. The molecular weight excluding hydrogens is 267 g/mol. The zero-order valence-electron chi connectivity index (χ0n) is 11.7. The Balaban J connectivity index is 3.21. The smallest absolute Gasteiger partial charge is 0.241 e. The standard InChI is InChI=1S/C13H21FN2O2S/c1-8(2)12(7-15)16-19(17,18)13-9(3)5-11(14)6-10(13)4/h5-6,8,12,16H,7,15H2,1-4H3. The highest BCUT2D eigenvalue weighted by Gasteiger charge is 2.24. The fraction of sp³-hybridized carbons (Fsp3) is 0.538. The molecule has 0 heterocycles. The maximum atomic E-state index is 13.2. The quantitative estimate of drug-likeness (QED) is 0.866. The summed E-state index contributed by atoms with van der Waals surface area (Å²) in [5.74, 6) is -0.353. The van der Waals surface area contributed by atoms with Crippen LogP contribution in [0.1, 0.15) is 25.0 Å². The number of hydrogen-bond donors (Lipinski definition) is 2. The van der Waals surface area contributed by atoms with Crippen molar-refractivity contribution in [3.05, 3.63) is 29.1 Å². The third-order valence-corrected chi connectivity index (χ3v) is 4.85. The van der Waals surface area contributed by atoms with Gasteiger partial charge in [0.15, 0.2) is 0 Å². The van der Waals surface area contributed by atoms with Crippen molar-refractivity contribution in [2.24, 2.45) is 11.7 Å². The van der Waals surface area contributed by atoms with Gasteiger partial charge >= 0.3 is 0 Å². The van der Waals surface area contributed by atoms with Gasteiger partial charge in [-0.3, -0.25) is 0 Å². The molecule has 1 atom stereocenters. The van der Waals surface area contributed by atoms with E-state index in [1.807, 2.05) is 13.8 Å².